The highest BCUT2D eigenvalue weighted by molar-refractivity contribution is 8.00. The number of nitrogens with one attached hydrogen (secondary N) is 1. The molecule has 0 unspecified atom stereocenters. The summed E-state index contributed by atoms with van der Waals surface area (Å²) >= 11 is 7.55. The highest BCUT2D eigenvalue weighted by Gasteiger charge is 2.33. The van der Waals surface area contributed by atoms with E-state index in [9.17, 15) is 10.1 Å². The SMILES string of the molecule is CC(C)[C@](C)(C#N)NC(=O)[C@H](C)Sc1nnc(N2CCCC2)n1-c1cccc(Cl)c1. The molecule has 2 aromatic rings. The van der Waals surface area contributed by atoms with Gasteiger partial charge >= 0.3 is 0 Å². The second-order valence-electron chi connectivity index (χ2n) is 8.01. The third kappa shape index (κ3) is 4.73. The number of nitriles is 1. The van der Waals surface area contributed by atoms with E-state index in [0.717, 1.165) is 37.6 Å². The first kappa shape index (κ1) is 22.4. The first-order valence-electron chi connectivity index (χ1n) is 10.1. The van der Waals surface area contributed by atoms with Gasteiger partial charge in [0.1, 0.15) is 5.54 Å². The molecule has 9 heteroatoms. The smallest absolute Gasteiger partial charge is 0.234 e. The number of nitrogens with zero attached hydrogens (tertiary/aromatic N) is 5. The monoisotopic (exact) mass is 446 g/mol. The summed E-state index contributed by atoms with van der Waals surface area (Å²) in [7, 11) is 0. The van der Waals surface area contributed by atoms with Crippen LogP contribution in [-0.4, -0.2) is 44.6 Å². The van der Waals surface area contributed by atoms with Gasteiger partial charge in [-0.25, -0.2) is 0 Å². The molecule has 160 valence electrons. The van der Waals surface area contributed by atoms with Gasteiger partial charge in [-0.05, 0) is 50.8 Å². The van der Waals surface area contributed by atoms with Gasteiger partial charge in [0.05, 0.1) is 17.0 Å². The lowest BCUT2D eigenvalue weighted by molar-refractivity contribution is -0.121. The Hall–Kier alpha value is -2.24. The Bertz CT molecular complexity index is 949. The molecule has 0 bridgehead atoms. The van der Waals surface area contributed by atoms with Crippen molar-refractivity contribution in [3.63, 3.8) is 0 Å². The molecule has 3 rings (SSSR count). The summed E-state index contributed by atoms with van der Waals surface area (Å²) in [4.78, 5) is 15.0. The van der Waals surface area contributed by atoms with Gasteiger partial charge in [-0.15, -0.1) is 10.2 Å². The molecule has 7 nitrogen and oxygen atoms in total. The van der Waals surface area contributed by atoms with Gasteiger partial charge in [0, 0.05) is 18.1 Å². The molecule has 0 saturated carbocycles. The quantitative estimate of drug-likeness (QED) is 0.645. The van der Waals surface area contributed by atoms with Gasteiger partial charge in [0.25, 0.3) is 0 Å². The average molecular weight is 447 g/mol. The minimum absolute atomic E-state index is 0.0134. The first-order chi connectivity index (χ1) is 14.2. The lowest BCUT2D eigenvalue weighted by atomic mass is 9.90. The van der Waals surface area contributed by atoms with Crippen molar-refractivity contribution in [2.24, 2.45) is 5.92 Å². The first-order valence-corrected chi connectivity index (χ1v) is 11.4. The Morgan fingerprint density at radius 3 is 2.60 bits per heavy atom. The molecule has 0 radical (unpaired) electrons. The zero-order chi connectivity index (χ0) is 21.9. The lowest BCUT2D eigenvalue weighted by Crippen LogP contribution is -2.51. The van der Waals surface area contributed by atoms with Crippen LogP contribution in [0, 0.1) is 17.2 Å². The van der Waals surface area contributed by atoms with Crippen molar-refractivity contribution < 1.29 is 4.79 Å². The molecule has 1 aromatic heterocycles. The fourth-order valence-corrected chi connectivity index (χ4v) is 4.22. The molecule has 30 heavy (non-hydrogen) atoms. The lowest BCUT2D eigenvalue weighted by Gasteiger charge is -2.28. The van der Waals surface area contributed by atoms with Crippen LogP contribution in [0.5, 0.6) is 0 Å². The average Bonchev–Trinajstić information content (AvgIpc) is 3.37. The molecule has 1 fully saturated rings. The number of anilines is 1. The molecular weight excluding hydrogens is 420 g/mol. The molecule has 1 aliphatic rings. The summed E-state index contributed by atoms with van der Waals surface area (Å²) in [5, 5.41) is 22.0. The van der Waals surface area contributed by atoms with E-state index in [1.807, 2.05) is 49.6 Å². The highest BCUT2D eigenvalue weighted by Crippen LogP contribution is 2.32. The molecule has 1 aromatic carbocycles. The van der Waals surface area contributed by atoms with Gasteiger partial charge in [-0.1, -0.05) is 43.3 Å². The van der Waals surface area contributed by atoms with Crippen LogP contribution in [0.1, 0.15) is 40.5 Å². The van der Waals surface area contributed by atoms with Gasteiger partial charge in [0.15, 0.2) is 5.16 Å². The Balaban J connectivity index is 1.89. The van der Waals surface area contributed by atoms with Crippen LogP contribution < -0.4 is 10.2 Å². The van der Waals surface area contributed by atoms with Crippen molar-refractivity contribution in [2.75, 3.05) is 18.0 Å². The number of halogens is 1. The Morgan fingerprint density at radius 1 is 1.30 bits per heavy atom. The standard InChI is InChI=1S/C21H27ClN6OS/c1-14(2)21(4,13-23)24-18(29)15(3)30-20-26-25-19(27-10-5-6-11-27)28(20)17-9-7-8-16(22)12-17/h7-9,12,14-15H,5-6,10-11H2,1-4H3,(H,24,29)/t15-,21-/m0/s1. The van der Waals surface area contributed by atoms with E-state index in [4.69, 9.17) is 11.6 Å². The van der Waals surface area contributed by atoms with Gasteiger partial charge in [-0.3, -0.25) is 9.36 Å². The van der Waals surface area contributed by atoms with Crippen molar-refractivity contribution >= 4 is 35.2 Å². The van der Waals surface area contributed by atoms with Gasteiger partial charge in [0.2, 0.25) is 11.9 Å². The number of benzene rings is 1. The van der Waals surface area contributed by atoms with Crippen LogP contribution >= 0.6 is 23.4 Å². The Kier molecular flexibility index (Phi) is 6.94. The van der Waals surface area contributed by atoms with Crippen molar-refractivity contribution in [3.8, 4) is 11.8 Å². The van der Waals surface area contributed by atoms with E-state index in [-0.39, 0.29) is 11.8 Å². The molecule has 0 spiro atoms. The highest BCUT2D eigenvalue weighted by atomic mass is 35.5. The number of hydrogen-bond acceptors (Lipinski definition) is 6. The van der Waals surface area contributed by atoms with E-state index in [0.29, 0.717) is 10.2 Å². The summed E-state index contributed by atoms with van der Waals surface area (Å²) < 4.78 is 1.96. The van der Waals surface area contributed by atoms with Gasteiger partial charge in [-0.2, -0.15) is 5.26 Å². The minimum atomic E-state index is -0.923. The largest absolute Gasteiger partial charge is 0.341 e. The summed E-state index contributed by atoms with van der Waals surface area (Å²) in [5.74, 6) is 0.538. The second kappa shape index (κ2) is 9.27. The molecule has 1 saturated heterocycles. The summed E-state index contributed by atoms with van der Waals surface area (Å²) in [6.45, 7) is 9.24. The Morgan fingerprint density at radius 2 is 2.00 bits per heavy atom. The number of hydrogen-bond donors (Lipinski definition) is 1. The molecule has 2 heterocycles. The normalized spacial score (nSPS) is 16.9. The number of carbonyl (C=O) groups is 1. The van der Waals surface area contributed by atoms with Crippen molar-refractivity contribution in [2.45, 2.75) is 56.5 Å². The third-order valence-corrected chi connectivity index (χ3v) is 6.77. The van der Waals surface area contributed by atoms with Crippen molar-refractivity contribution in [1.82, 2.24) is 20.1 Å². The predicted molar refractivity (Wildman–Crippen MR) is 120 cm³/mol. The number of rotatable bonds is 7. The topological polar surface area (TPSA) is 86.8 Å². The van der Waals surface area contributed by atoms with Crippen LogP contribution in [-0.2, 0) is 4.79 Å². The molecule has 1 aliphatic heterocycles. The van der Waals surface area contributed by atoms with Crippen molar-refractivity contribution in [1.29, 1.82) is 5.26 Å². The number of amides is 1. The van der Waals surface area contributed by atoms with E-state index in [2.05, 4.69) is 26.5 Å². The van der Waals surface area contributed by atoms with Crippen LogP contribution in [0.25, 0.3) is 5.69 Å². The molecular formula is C21H27ClN6OS. The zero-order valence-corrected chi connectivity index (χ0v) is 19.3. The summed E-state index contributed by atoms with van der Waals surface area (Å²) in [6.07, 6.45) is 2.23. The maximum absolute atomic E-state index is 12.8. The maximum Gasteiger partial charge on any atom is 0.234 e. The Labute approximate surface area is 186 Å². The van der Waals surface area contributed by atoms with E-state index < -0.39 is 10.8 Å². The third-order valence-electron chi connectivity index (χ3n) is 5.49. The number of aromatic nitrogens is 3. The van der Waals surface area contributed by atoms with Gasteiger partial charge < -0.3 is 10.2 Å². The fourth-order valence-electron chi connectivity index (χ4n) is 3.17. The molecule has 1 N–H and O–H groups in total. The zero-order valence-electron chi connectivity index (χ0n) is 17.7. The van der Waals surface area contributed by atoms with E-state index in [1.165, 1.54) is 11.8 Å². The molecule has 1 amide bonds. The fraction of sp³-hybridized carbons (Fsp3) is 0.524. The van der Waals surface area contributed by atoms with Crippen LogP contribution in [0.2, 0.25) is 5.02 Å². The van der Waals surface area contributed by atoms with Crippen molar-refractivity contribution in [3.05, 3.63) is 29.3 Å². The summed E-state index contributed by atoms with van der Waals surface area (Å²) in [5.41, 5.74) is -0.0682. The molecule has 2 atom stereocenters. The van der Waals surface area contributed by atoms with E-state index in [1.54, 1.807) is 6.92 Å². The molecule has 0 aliphatic carbocycles. The minimum Gasteiger partial charge on any atom is -0.341 e. The van der Waals surface area contributed by atoms with Crippen LogP contribution in [0.15, 0.2) is 29.4 Å². The van der Waals surface area contributed by atoms with E-state index >= 15 is 0 Å². The predicted octanol–water partition coefficient (Wildman–Crippen LogP) is 4.06. The van der Waals surface area contributed by atoms with Crippen LogP contribution in [0.4, 0.5) is 5.95 Å². The summed E-state index contributed by atoms with van der Waals surface area (Å²) in [6, 6.07) is 9.74. The number of carbonyl (C=O) groups excluding carboxylic acids is 1. The number of thioether (sulfide) groups is 1. The maximum atomic E-state index is 12.8. The van der Waals surface area contributed by atoms with Crippen LogP contribution in [0.3, 0.4) is 0 Å². The second-order valence-corrected chi connectivity index (χ2v) is 9.75.